The Morgan fingerprint density at radius 2 is 2.29 bits per heavy atom. The standard InChI is InChI=1S/C11H23NOS/c1-4-9(8-13-2)12-10-6-5-7-11(10)14-3/h9-12H,4-8H2,1-3H3. The molecule has 14 heavy (non-hydrogen) atoms. The minimum Gasteiger partial charge on any atom is -0.383 e. The van der Waals surface area contributed by atoms with Crippen molar-refractivity contribution in [3.05, 3.63) is 0 Å². The summed E-state index contributed by atoms with van der Waals surface area (Å²) in [6.07, 6.45) is 7.48. The largest absolute Gasteiger partial charge is 0.383 e. The van der Waals surface area contributed by atoms with Gasteiger partial charge in [-0.05, 0) is 25.5 Å². The molecule has 0 aromatic carbocycles. The Morgan fingerprint density at radius 1 is 1.50 bits per heavy atom. The molecule has 3 heteroatoms. The molecule has 3 unspecified atom stereocenters. The number of nitrogens with one attached hydrogen (secondary N) is 1. The Morgan fingerprint density at radius 3 is 2.86 bits per heavy atom. The van der Waals surface area contributed by atoms with Gasteiger partial charge in [0.15, 0.2) is 0 Å². The van der Waals surface area contributed by atoms with E-state index in [1.165, 1.54) is 19.3 Å². The van der Waals surface area contributed by atoms with Crippen LogP contribution in [0, 0.1) is 0 Å². The van der Waals surface area contributed by atoms with E-state index in [-0.39, 0.29) is 0 Å². The molecule has 0 bridgehead atoms. The molecule has 1 N–H and O–H groups in total. The number of hydrogen-bond donors (Lipinski definition) is 1. The van der Waals surface area contributed by atoms with Crippen LogP contribution in [0.3, 0.4) is 0 Å². The van der Waals surface area contributed by atoms with Crippen LogP contribution in [0.5, 0.6) is 0 Å². The third-order valence-electron chi connectivity index (χ3n) is 3.07. The monoisotopic (exact) mass is 217 g/mol. The molecule has 0 spiro atoms. The van der Waals surface area contributed by atoms with Gasteiger partial charge in [-0.15, -0.1) is 0 Å². The van der Waals surface area contributed by atoms with Gasteiger partial charge >= 0.3 is 0 Å². The fraction of sp³-hybridized carbons (Fsp3) is 1.00. The topological polar surface area (TPSA) is 21.3 Å². The summed E-state index contributed by atoms with van der Waals surface area (Å²) in [4.78, 5) is 0. The maximum Gasteiger partial charge on any atom is 0.0615 e. The molecule has 0 saturated heterocycles. The van der Waals surface area contributed by atoms with Crippen molar-refractivity contribution in [1.29, 1.82) is 0 Å². The van der Waals surface area contributed by atoms with Crippen LogP contribution in [-0.4, -0.2) is 37.3 Å². The first-order valence-electron chi connectivity index (χ1n) is 5.59. The van der Waals surface area contributed by atoms with E-state index in [1.54, 1.807) is 7.11 Å². The minimum absolute atomic E-state index is 0.540. The smallest absolute Gasteiger partial charge is 0.0615 e. The molecule has 84 valence electrons. The predicted molar refractivity (Wildman–Crippen MR) is 64.0 cm³/mol. The quantitative estimate of drug-likeness (QED) is 0.737. The number of rotatable bonds is 6. The first kappa shape index (κ1) is 12.3. The zero-order valence-corrected chi connectivity index (χ0v) is 10.4. The second-order valence-electron chi connectivity index (χ2n) is 4.04. The Balaban J connectivity index is 2.32. The fourth-order valence-electron chi connectivity index (χ4n) is 2.19. The zero-order valence-electron chi connectivity index (χ0n) is 9.58. The molecule has 1 fully saturated rings. The molecule has 0 aromatic heterocycles. The SMILES string of the molecule is CCC(COC)NC1CCCC1SC. The summed E-state index contributed by atoms with van der Waals surface area (Å²) >= 11 is 2.01. The van der Waals surface area contributed by atoms with Crippen molar-refractivity contribution >= 4 is 11.8 Å². The lowest BCUT2D eigenvalue weighted by Gasteiger charge is -2.25. The van der Waals surface area contributed by atoms with Crippen molar-refractivity contribution < 1.29 is 4.74 Å². The highest BCUT2D eigenvalue weighted by molar-refractivity contribution is 7.99. The number of hydrogen-bond acceptors (Lipinski definition) is 3. The van der Waals surface area contributed by atoms with Gasteiger partial charge in [0.25, 0.3) is 0 Å². The molecule has 0 radical (unpaired) electrons. The normalized spacial score (nSPS) is 29.4. The second-order valence-corrected chi connectivity index (χ2v) is 5.12. The summed E-state index contributed by atoms with van der Waals surface area (Å²) in [5, 5.41) is 4.54. The minimum atomic E-state index is 0.540. The van der Waals surface area contributed by atoms with Gasteiger partial charge in [-0.25, -0.2) is 0 Å². The van der Waals surface area contributed by atoms with E-state index in [0.717, 1.165) is 18.3 Å². The zero-order chi connectivity index (χ0) is 10.4. The molecule has 0 aliphatic heterocycles. The van der Waals surface area contributed by atoms with Crippen LogP contribution >= 0.6 is 11.8 Å². The number of thioether (sulfide) groups is 1. The predicted octanol–water partition coefficient (Wildman–Crippen LogP) is 2.29. The summed E-state index contributed by atoms with van der Waals surface area (Å²) in [7, 11) is 1.78. The third-order valence-corrected chi connectivity index (χ3v) is 4.24. The van der Waals surface area contributed by atoms with Gasteiger partial charge in [0.05, 0.1) is 6.61 Å². The first-order valence-corrected chi connectivity index (χ1v) is 6.88. The molecular formula is C11H23NOS. The molecule has 1 saturated carbocycles. The number of ether oxygens (including phenoxy) is 1. The van der Waals surface area contributed by atoms with Gasteiger partial charge in [0.2, 0.25) is 0 Å². The lowest BCUT2D eigenvalue weighted by atomic mass is 10.1. The van der Waals surface area contributed by atoms with Crippen molar-refractivity contribution in [3.63, 3.8) is 0 Å². The summed E-state index contributed by atoms with van der Waals surface area (Å²) in [6, 6.07) is 1.25. The molecule has 0 aromatic rings. The van der Waals surface area contributed by atoms with Crippen molar-refractivity contribution in [2.45, 2.75) is 49.9 Å². The molecule has 1 rings (SSSR count). The van der Waals surface area contributed by atoms with E-state index in [2.05, 4.69) is 18.5 Å². The first-order chi connectivity index (χ1) is 6.81. The van der Waals surface area contributed by atoms with E-state index in [0.29, 0.717) is 12.1 Å². The molecule has 1 aliphatic rings. The van der Waals surface area contributed by atoms with Crippen LogP contribution in [-0.2, 0) is 4.74 Å². The third kappa shape index (κ3) is 3.44. The van der Waals surface area contributed by atoms with Crippen LogP contribution in [0.1, 0.15) is 32.6 Å². The van der Waals surface area contributed by atoms with Crippen molar-refractivity contribution in [3.8, 4) is 0 Å². The van der Waals surface area contributed by atoms with Crippen LogP contribution in [0.25, 0.3) is 0 Å². The summed E-state index contributed by atoms with van der Waals surface area (Å²) in [5.74, 6) is 0. The Kier molecular flexibility index (Phi) is 5.90. The van der Waals surface area contributed by atoms with E-state index < -0.39 is 0 Å². The van der Waals surface area contributed by atoms with Crippen LogP contribution in [0.2, 0.25) is 0 Å². The average Bonchev–Trinajstić information content (AvgIpc) is 2.64. The molecule has 0 amide bonds. The highest BCUT2D eigenvalue weighted by Gasteiger charge is 2.27. The Hall–Kier alpha value is 0.270. The van der Waals surface area contributed by atoms with E-state index in [9.17, 15) is 0 Å². The van der Waals surface area contributed by atoms with Gasteiger partial charge in [-0.3, -0.25) is 0 Å². The van der Waals surface area contributed by atoms with Crippen molar-refractivity contribution in [2.75, 3.05) is 20.0 Å². The van der Waals surface area contributed by atoms with Crippen LogP contribution in [0.15, 0.2) is 0 Å². The van der Waals surface area contributed by atoms with Crippen LogP contribution < -0.4 is 5.32 Å². The van der Waals surface area contributed by atoms with E-state index in [4.69, 9.17) is 4.74 Å². The Bertz CT molecular complexity index is 154. The lowest BCUT2D eigenvalue weighted by Crippen LogP contribution is -2.43. The molecule has 0 heterocycles. The summed E-state index contributed by atoms with van der Waals surface area (Å²) in [6.45, 7) is 3.06. The van der Waals surface area contributed by atoms with Crippen molar-refractivity contribution in [1.82, 2.24) is 5.32 Å². The number of methoxy groups -OCH3 is 1. The molecule has 1 aliphatic carbocycles. The highest BCUT2D eigenvalue weighted by atomic mass is 32.2. The van der Waals surface area contributed by atoms with Gasteiger partial charge in [0, 0.05) is 24.4 Å². The van der Waals surface area contributed by atoms with Gasteiger partial charge in [0.1, 0.15) is 0 Å². The van der Waals surface area contributed by atoms with Gasteiger partial charge < -0.3 is 10.1 Å². The Labute approximate surface area is 92.2 Å². The summed E-state index contributed by atoms with van der Waals surface area (Å²) in [5.41, 5.74) is 0. The van der Waals surface area contributed by atoms with Gasteiger partial charge in [-0.2, -0.15) is 11.8 Å². The molecular weight excluding hydrogens is 194 g/mol. The lowest BCUT2D eigenvalue weighted by molar-refractivity contribution is 0.159. The average molecular weight is 217 g/mol. The van der Waals surface area contributed by atoms with E-state index in [1.807, 2.05) is 11.8 Å². The molecule has 2 nitrogen and oxygen atoms in total. The highest BCUT2D eigenvalue weighted by Crippen LogP contribution is 2.28. The van der Waals surface area contributed by atoms with Gasteiger partial charge in [-0.1, -0.05) is 13.3 Å². The fourth-order valence-corrected chi connectivity index (χ4v) is 3.13. The van der Waals surface area contributed by atoms with E-state index >= 15 is 0 Å². The maximum atomic E-state index is 5.20. The van der Waals surface area contributed by atoms with Crippen LogP contribution in [0.4, 0.5) is 0 Å². The maximum absolute atomic E-state index is 5.20. The van der Waals surface area contributed by atoms with Crippen molar-refractivity contribution in [2.24, 2.45) is 0 Å². The second kappa shape index (κ2) is 6.70. The molecule has 3 atom stereocenters. The summed E-state index contributed by atoms with van der Waals surface area (Å²) < 4.78 is 5.20.